The van der Waals surface area contributed by atoms with Gasteiger partial charge in [-0.05, 0) is 36.3 Å². The van der Waals surface area contributed by atoms with E-state index in [-0.39, 0.29) is 12.1 Å². The largest absolute Gasteiger partial charge is 0.393 e. The highest BCUT2D eigenvalue weighted by Gasteiger charge is 2.33. The fraction of sp³-hybridized carbons (Fsp3) is 0.611. The Labute approximate surface area is 138 Å². The van der Waals surface area contributed by atoms with E-state index in [0.717, 1.165) is 44.5 Å². The van der Waals surface area contributed by atoms with Gasteiger partial charge in [-0.25, -0.2) is 4.79 Å². The van der Waals surface area contributed by atoms with Crippen molar-refractivity contribution in [2.75, 3.05) is 13.1 Å². The first-order chi connectivity index (χ1) is 11.1. The summed E-state index contributed by atoms with van der Waals surface area (Å²) in [7, 11) is 0. The van der Waals surface area contributed by atoms with Crippen LogP contribution < -0.4 is 10.6 Å². The number of nitrogens with zero attached hydrogens (tertiary/aromatic N) is 1. The minimum atomic E-state index is -0.142. The molecule has 0 bridgehead atoms. The molecule has 1 aliphatic heterocycles. The molecule has 0 aromatic heterocycles. The van der Waals surface area contributed by atoms with E-state index in [4.69, 9.17) is 0 Å². The highest BCUT2D eigenvalue weighted by Crippen LogP contribution is 2.28. The van der Waals surface area contributed by atoms with E-state index in [0.29, 0.717) is 18.5 Å². The second-order valence-electron chi connectivity index (χ2n) is 6.92. The minimum absolute atomic E-state index is 0.0738. The number of aliphatic hydroxyl groups is 1. The summed E-state index contributed by atoms with van der Waals surface area (Å²) in [5.41, 5.74) is 2.42. The van der Waals surface area contributed by atoms with Gasteiger partial charge >= 0.3 is 6.03 Å². The van der Waals surface area contributed by atoms with Crippen LogP contribution in [0.3, 0.4) is 0 Å². The zero-order valence-electron chi connectivity index (χ0n) is 13.8. The molecule has 2 unspecified atom stereocenters. The van der Waals surface area contributed by atoms with Crippen molar-refractivity contribution in [1.29, 1.82) is 0 Å². The van der Waals surface area contributed by atoms with Crippen LogP contribution in [0.5, 0.6) is 0 Å². The molecule has 1 aromatic carbocycles. The van der Waals surface area contributed by atoms with Crippen molar-refractivity contribution in [3.05, 3.63) is 35.4 Å². The van der Waals surface area contributed by atoms with Crippen molar-refractivity contribution in [3.63, 3.8) is 0 Å². The topological polar surface area (TPSA) is 64.6 Å². The summed E-state index contributed by atoms with van der Waals surface area (Å²) in [6, 6.07) is 8.54. The van der Waals surface area contributed by atoms with E-state index in [2.05, 4.69) is 34.6 Å². The third kappa shape index (κ3) is 4.69. The molecular formula is C18H27N3O2. The zero-order chi connectivity index (χ0) is 16.2. The predicted molar refractivity (Wildman–Crippen MR) is 89.9 cm³/mol. The number of hydrogen-bond acceptors (Lipinski definition) is 3. The number of nitrogens with one attached hydrogen (secondary N) is 2. The number of likely N-dealkylation sites (tertiary alicyclic amines) is 1. The Morgan fingerprint density at radius 3 is 2.57 bits per heavy atom. The van der Waals surface area contributed by atoms with Crippen LogP contribution in [0, 0.1) is 5.92 Å². The number of hydrogen-bond donors (Lipinski definition) is 3. The number of benzene rings is 1. The molecule has 2 amide bonds. The molecule has 1 saturated heterocycles. The lowest BCUT2D eigenvalue weighted by Gasteiger charge is -2.30. The van der Waals surface area contributed by atoms with Gasteiger partial charge in [0.15, 0.2) is 0 Å². The minimum Gasteiger partial charge on any atom is -0.393 e. The summed E-state index contributed by atoms with van der Waals surface area (Å²) in [6.07, 6.45) is 2.65. The second kappa shape index (κ2) is 7.32. The summed E-state index contributed by atoms with van der Waals surface area (Å²) in [5, 5.41) is 15.6. The Bertz CT molecular complexity index is 541. The van der Waals surface area contributed by atoms with Crippen molar-refractivity contribution < 1.29 is 9.90 Å². The fourth-order valence-electron chi connectivity index (χ4n) is 3.12. The van der Waals surface area contributed by atoms with Crippen molar-refractivity contribution in [2.45, 2.75) is 51.4 Å². The maximum atomic E-state index is 11.9. The quantitative estimate of drug-likeness (QED) is 0.776. The zero-order valence-corrected chi connectivity index (χ0v) is 13.8. The number of rotatable bonds is 5. The molecule has 1 saturated carbocycles. The summed E-state index contributed by atoms with van der Waals surface area (Å²) < 4.78 is 0. The highest BCUT2D eigenvalue weighted by molar-refractivity contribution is 5.74. The number of urea groups is 1. The number of carbonyl (C=O) groups excluding carboxylic acids is 1. The molecule has 3 N–H and O–H groups in total. The van der Waals surface area contributed by atoms with Gasteiger partial charge < -0.3 is 15.7 Å². The molecule has 1 heterocycles. The van der Waals surface area contributed by atoms with Crippen LogP contribution >= 0.6 is 0 Å². The van der Waals surface area contributed by atoms with Gasteiger partial charge in [0.2, 0.25) is 0 Å². The molecular weight excluding hydrogens is 290 g/mol. The van der Waals surface area contributed by atoms with E-state index in [1.165, 1.54) is 5.56 Å². The number of aliphatic hydroxyl groups excluding tert-OH is 1. The van der Waals surface area contributed by atoms with Gasteiger partial charge in [0, 0.05) is 32.2 Å². The first kappa shape index (κ1) is 16.3. The van der Waals surface area contributed by atoms with E-state index < -0.39 is 0 Å². The predicted octanol–water partition coefficient (Wildman–Crippen LogP) is 1.85. The molecule has 1 aliphatic carbocycles. The number of piperidine rings is 1. The lowest BCUT2D eigenvalue weighted by atomic mass is 10.0. The van der Waals surface area contributed by atoms with Gasteiger partial charge in [0.1, 0.15) is 0 Å². The van der Waals surface area contributed by atoms with Gasteiger partial charge in [0.25, 0.3) is 0 Å². The van der Waals surface area contributed by atoms with Crippen LogP contribution in [0.4, 0.5) is 4.79 Å². The van der Waals surface area contributed by atoms with Gasteiger partial charge in [0.05, 0.1) is 6.10 Å². The molecule has 2 fully saturated rings. The molecule has 2 atom stereocenters. The van der Waals surface area contributed by atoms with Crippen LogP contribution in [-0.2, 0) is 13.1 Å². The molecule has 2 aliphatic rings. The average Bonchev–Trinajstić information content (AvgIpc) is 3.23. The Morgan fingerprint density at radius 1 is 1.26 bits per heavy atom. The summed E-state index contributed by atoms with van der Waals surface area (Å²) in [4.78, 5) is 14.3. The standard InChI is InChI=1S/C18H27N3O2/c1-13-10-17(13)20-18(23)19-11-14-4-2-3-5-15(14)12-21-8-6-16(22)7-9-21/h2-5,13,16-17,22H,6-12H2,1H3,(H2,19,20,23). The maximum Gasteiger partial charge on any atom is 0.315 e. The van der Waals surface area contributed by atoms with E-state index in [9.17, 15) is 9.90 Å². The molecule has 0 spiro atoms. The van der Waals surface area contributed by atoms with Crippen molar-refractivity contribution in [3.8, 4) is 0 Å². The van der Waals surface area contributed by atoms with Crippen molar-refractivity contribution in [2.24, 2.45) is 5.92 Å². The molecule has 5 nitrogen and oxygen atoms in total. The summed E-state index contributed by atoms with van der Waals surface area (Å²) in [6.45, 7) is 5.45. The van der Waals surface area contributed by atoms with Gasteiger partial charge in [-0.1, -0.05) is 31.2 Å². The van der Waals surface area contributed by atoms with E-state index >= 15 is 0 Å². The van der Waals surface area contributed by atoms with Crippen molar-refractivity contribution >= 4 is 6.03 Å². The lowest BCUT2D eigenvalue weighted by Crippen LogP contribution is -2.37. The molecule has 126 valence electrons. The Balaban J connectivity index is 1.51. The third-order valence-electron chi connectivity index (χ3n) is 4.93. The SMILES string of the molecule is CC1CC1NC(=O)NCc1ccccc1CN1CCC(O)CC1. The average molecular weight is 317 g/mol. The lowest BCUT2D eigenvalue weighted by molar-refractivity contribution is 0.0791. The molecule has 1 aromatic rings. The van der Waals surface area contributed by atoms with Crippen LogP contribution in [-0.4, -0.2) is 41.3 Å². The van der Waals surface area contributed by atoms with E-state index in [1.54, 1.807) is 0 Å². The van der Waals surface area contributed by atoms with Gasteiger partial charge in [-0.2, -0.15) is 0 Å². The fourth-order valence-corrected chi connectivity index (χ4v) is 3.12. The van der Waals surface area contributed by atoms with Crippen LogP contribution in [0.25, 0.3) is 0 Å². The highest BCUT2D eigenvalue weighted by atomic mass is 16.3. The van der Waals surface area contributed by atoms with Gasteiger partial charge in [-0.3, -0.25) is 4.90 Å². The van der Waals surface area contributed by atoms with E-state index in [1.807, 2.05) is 12.1 Å². The second-order valence-corrected chi connectivity index (χ2v) is 6.92. The molecule has 23 heavy (non-hydrogen) atoms. The summed E-state index contributed by atoms with van der Waals surface area (Å²) >= 11 is 0. The van der Waals surface area contributed by atoms with Crippen LogP contribution in [0.15, 0.2) is 24.3 Å². The molecule has 0 radical (unpaired) electrons. The molecule has 5 heteroatoms. The third-order valence-corrected chi connectivity index (χ3v) is 4.93. The Hall–Kier alpha value is -1.59. The van der Waals surface area contributed by atoms with Gasteiger partial charge in [-0.15, -0.1) is 0 Å². The number of carbonyl (C=O) groups is 1. The first-order valence-electron chi connectivity index (χ1n) is 8.63. The normalized spacial score (nSPS) is 25.1. The van der Waals surface area contributed by atoms with Crippen molar-refractivity contribution in [1.82, 2.24) is 15.5 Å². The van der Waals surface area contributed by atoms with Crippen LogP contribution in [0.1, 0.15) is 37.3 Å². The summed E-state index contributed by atoms with van der Waals surface area (Å²) in [5.74, 6) is 0.613. The maximum absolute atomic E-state index is 11.9. The molecule has 3 rings (SSSR count). The first-order valence-corrected chi connectivity index (χ1v) is 8.63. The number of amides is 2. The smallest absolute Gasteiger partial charge is 0.315 e. The monoisotopic (exact) mass is 317 g/mol. The Kier molecular flexibility index (Phi) is 5.18. The van der Waals surface area contributed by atoms with Crippen LogP contribution in [0.2, 0.25) is 0 Å². The Morgan fingerprint density at radius 2 is 1.91 bits per heavy atom.